The van der Waals surface area contributed by atoms with Gasteiger partial charge in [0.05, 0.1) is 0 Å². The second-order valence-corrected chi connectivity index (χ2v) is 7.00. The Labute approximate surface area is 164 Å². The van der Waals surface area contributed by atoms with Gasteiger partial charge in [0.1, 0.15) is 6.33 Å². The topological polar surface area (TPSA) is 140 Å². The van der Waals surface area contributed by atoms with Gasteiger partial charge in [0.2, 0.25) is 0 Å². The quantitative estimate of drug-likeness (QED) is 0.633. The minimum Gasteiger partial charge on any atom is -0.351 e. The van der Waals surface area contributed by atoms with Crippen molar-refractivity contribution in [3.05, 3.63) is 30.7 Å². The van der Waals surface area contributed by atoms with Crippen LogP contribution in [0.15, 0.2) is 41.0 Å². The van der Waals surface area contributed by atoms with E-state index in [4.69, 9.17) is 5.73 Å². The maximum absolute atomic E-state index is 11.3. The second kappa shape index (κ2) is 8.08. The Kier molecular flexibility index (Phi) is 5.19. The first-order chi connectivity index (χ1) is 13.7. The Morgan fingerprint density at radius 2 is 2.04 bits per heavy atom. The van der Waals surface area contributed by atoms with Crippen molar-refractivity contribution in [3.8, 4) is 5.82 Å². The molecule has 12 heteroatoms. The first kappa shape index (κ1) is 18.0. The van der Waals surface area contributed by atoms with Gasteiger partial charge in [0.25, 0.3) is 5.95 Å². The van der Waals surface area contributed by atoms with E-state index in [0.717, 1.165) is 31.1 Å². The van der Waals surface area contributed by atoms with E-state index in [1.54, 1.807) is 12.3 Å². The third-order valence-corrected chi connectivity index (χ3v) is 5.09. The highest BCUT2D eigenvalue weighted by Crippen LogP contribution is 2.38. The van der Waals surface area contributed by atoms with Crippen LogP contribution in [-0.4, -0.2) is 43.9 Å². The van der Waals surface area contributed by atoms with Crippen molar-refractivity contribution < 1.29 is 4.79 Å². The zero-order chi connectivity index (χ0) is 19.3. The van der Waals surface area contributed by atoms with E-state index in [0.29, 0.717) is 10.8 Å². The average molecular weight is 398 g/mol. The third-order valence-electron chi connectivity index (χ3n) is 4.09. The summed E-state index contributed by atoms with van der Waals surface area (Å²) >= 11 is 1.34. The van der Waals surface area contributed by atoms with Gasteiger partial charge in [-0.25, -0.2) is 9.78 Å². The predicted octanol–water partition coefficient (Wildman–Crippen LogP) is 3.02. The van der Waals surface area contributed by atoms with Gasteiger partial charge in [-0.3, -0.25) is 5.32 Å². The van der Waals surface area contributed by atoms with E-state index in [-0.39, 0.29) is 11.8 Å². The van der Waals surface area contributed by atoms with Gasteiger partial charge >= 0.3 is 6.03 Å². The molecule has 2 amide bonds. The molecule has 0 aliphatic carbocycles. The molecule has 3 N–H and O–H groups in total. The highest BCUT2D eigenvalue weighted by atomic mass is 32.1. The molecule has 0 spiro atoms. The van der Waals surface area contributed by atoms with Crippen LogP contribution in [-0.2, 0) is 0 Å². The number of hydrogen-bond donors (Lipinski definition) is 2. The maximum atomic E-state index is 11.3. The molecule has 0 saturated carbocycles. The van der Waals surface area contributed by atoms with Crippen LogP contribution in [0.4, 0.5) is 26.7 Å². The van der Waals surface area contributed by atoms with E-state index >= 15 is 0 Å². The lowest BCUT2D eigenvalue weighted by molar-refractivity contribution is 0.259. The number of amides is 2. The number of hydrogen-bond acceptors (Lipinski definition) is 9. The van der Waals surface area contributed by atoms with Gasteiger partial charge in [-0.15, -0.1) is 10.2 Å². The summed E-state index contributed by atoms with van der Waals surface area (Å²) < 4.78 is 1.47. The summed E-state index contributed by atoms with van der Waals surface area (Å²) in [5, 5.41) is 16.3. The molecular weight excluding hydrogens is 380 g/mol. The van der Waals surface area contributed by atoms with Crippen LogP contribution in [0.2, 0.25) is 0 Å². The van der Waals surface area contributed by atoms with Crippen molar-refractivity contribution >= 4 is 39.3 Å². The number of urea groups is 1. The lowest BCUT2D eigenvalue weighted by Crippen LogP contribution is -2.29. The fourth-order valence-corrected chi connectivity index (χ4v) is 3.72. The molecule has 11 nitrogen and oxygen atoms in total. The van der Waals surface area contributed by atoms with Gasteiger partial charge in [-0.1, -0.05) is 17.4 Å². The average Bonchev–Trinajstić information content (AvgIpc) is 3.34. The molecule has 3 aromatic heterocycles. The summed E-state index contributed by atoms with van der Waals surface area (Å²) in [6.45, 7) is 1.85. The van der Waals surface area contributed by atoms with Crippen LogP contribution in [0.25, 0.3) is 5.82 Å². The van der Waals surface area contributed by atoms with E-state index in [2.05, 4.69) is 40.5 Å². The number of nitrogens with two attached hydrogens (primary N) is 1. The predicted molar refractivity (Wildman–Crippen MR) is 105 cm³/mol. The Hall–Kier alpha value is -3.41. The lowest BCUT2D eigenvalue weighted by atomic mass is 10.1. The molecule has 4 heterocycles. The molecule has 0 aromatic carbocycles. The van der Waals surface area contributed by atoms with Crippen LogP contribution in [0.5, 0.6) is 0 Å². The van der Waals surface area contributed by atoms with E-state index in [9.17, 15) is 4.79 Å². The summed E-state index contributed by atoms with van der Waals surface area (Å²) in [6.07, 6.45) is 6.47. The smallest absolute Gasteiger partial charge is 0.317 e. The normalized spacial score (nSPS) is 14.5. The van der Waals surface area contributed by atoms with Gasteiger partial charge in [-0.2, -0.15) is 19.7 Å². The van der Waals surface area contributed by atoms with Crippen molar-refractivity contribution in [2.24, 2.45) is 16.0 Å². The molecule has 0 radical (unpaired) electrons. The van der Waals surface area contributed by atoms with Crippen LogP contribution in [0.3, 0.4) is 0 Å². The van der Waals surface area contributed by atoms with E-state index in [1.807, 2.05) is 12.1 Å². The largest absolute Gasteiger partial charge is 0.351 e. The van der Waals surface area contributed by atoms with Crippen LogP contribution < -0.4 is 16.0 Å². The van der Waals surface area contributed by atoms with Crippen molar-refractivity contribution in [1.29, 1.82) is 0 Å². The van der Waals surface area contributed by atoms with Gasteiger partial charge in [0.15, 0.2) is 21.8 Å². The minimum atomic E-state index is -0.705. The van der Waals surface area contributed by atoms with Gasteiger partial charge < -0.3 is 10.6 Å². The van der Waals surface area contributed by atoms with Crippen molar-refractivity contribution in [2.75, 3.05) is 23.3 Å². The fourth-order valence-electron chi connectivity index (χ4n) is 2.82. The Morgan fingerprint density at radius 1 is 1.18 bits per heavy atom. The molecule has 4 rings (SSSR count). The number of pyridine rings is 1. The fraction of sp³-hybridized carbons (Fsp3) is 0.312. The number of piperidine rings is 1. The second-order valence-electron chi connectivity index (χ2n) is 6.05. The molecule has 0 unspecified atom stereocenters. The highest BCUT2D eigenvalue weighted by Gasteiger charge is 2.19. The summed E-state index contributed by atoms with van der Waals surface area (Å²) in [4.78, 5) is 26.3. The molecule has 3 aromatic rings. The number of nitrogens with one attached hydrogen (secondary N) is 1. The first-order valence-corrected chi connectivity index (χ1v) is 9.58. The number of rotatable bonds is 5. The van der Waals surface area contributed by atoms with Crippen molar-refractivity contribution in [1.82, 2.24) is 24.7 Å². The van der Waals surface area contributed by atoms with Crippen molar-refractivity contribution in [3.63, 3.8) is 0 Å². The number of nitrogens with zero attached hydrogens (tertiary/aromatic N) is 8. The maximum Gasteiger partial charge on any atom is 0.317 e. The number of aromatic nitrogens is 5. The lowest BCUT2D eigenvalue weighted by Gasteiger charge is -2.25. The summed E-state index contributed by atoms with van der Waals surface area (Å²) in [5.41, 5.74) is 5.27. The SMILES string of the molecule is NC(=O)Nc1nc(N2CCCCC2)sc1N=Nc1ncnn1-c1ccccn1. The van der Waals surface area contributed by atoms with E-state index < -0.39 is 6.03 Å². The molecule has 0 bridgehead atoms. The number of carbonyl (C=O) groups excluding carboxylic acids is 1. The Morgan fingerprint density at radius 3 is 2.79 bits per heavy atom. The number of carbonyl (C=O) groups is 1. The number of primary amides is 1. The molecule has 1 aliphatic rings. The zero-order valence-corrected chi connectivity index (χ0v) is 15.7. The monoisotopic (exact) mass is 398 g/mol. The molecule has 1 fully saturated rings. The molecule has 0 atom stereocenters. The van der Waals surface area contributed by atoms with Crippen molar-refractivity contribution in [2.45, 2.75) is 19.3 Å². The molecule has 144 valence electrons. The Balaban J connectivity index is 1.63. The molecule has 28 heavy (non-hydrogen) atoms. The Bertz CT molecular complexity index is 976. The van der Waals surface area contributed by atoms with Gasteiger partial charge in [0, 0.05) is 19.3 Å². The van der Waals surface area contributed by atoms with E-state index in [1.165, 1.54) is 28.8 Å². The molecule has 1 saturated heterocycles. The standard InChI is InChI=1S/C16H18N10OS/c17-14(27)21-12-13(28-16(22-12)25-8-4-1-5-9-25)23-24-15-19-10-20-26(15)11-6-2-3-7-18-11/h2-3,6-7,10H,1,4-5,8-9H2,(H3,17,21,27). The summed E-state index contributed by atoms with van der Waals surface area (Å²) in [7, 11) is 0. The highest BCUT2D eigenvalue weighted by molar-refractivity contribution is 7.19. The van der Waals surface area contributed by atoms with Gasteiger partial charge in [-0.05, 0) is 31.4 Å². The minimum absolute atomic E-state index is 0.261. The van der Waals surface area contributed by atoms with Crippen LogP contribution in [0.1, 0.15) is 19.3 Å². The summed E-state index contributed by atoms with van der Waals surface area (Å²) in [5.74, 6) is 1.12. The third kappa shape index (κ3) is 3.96. The van der Waals surface area contributed by atoms with Crippen LogP contribution >= 0.6 is 11.3 Å². The number of anilines is 2. The zero-order valence-electron chi connectivity index (χ0n) is 14.9. The number of thiazole rings is 1. The summed E-state index contributed by atoms with van der Waals surface area (Å²) in [6, 6.07) is 4.73. The number of azo groups is 1. The first-order valence-electron chi connectivity index (χ1n) is 8.76. The molecular formula is C16H18N10OS. The van der Waals surface area contributed by atoms with Crippen LogP contribution in [0, 0.1) is 0 Å². The molecule has 1 aliphatic heterocycles.